The Bertz CT molecular complexity index is 331. The summed E-state index contributed by atoms with van der Waals surface area (Å²) in [5.74, 6) is 0.0751. The topological polar surface area (TPSA) is 29.5 Å². The van der Waals surface area contributed by atoms with Crippen molar-refractivity contribution in [2.75, 3.05) is 20.3 Å². The van der Waals surface area contributed by atoms with Crippen LogP contribution in [0.2, 0.25) is 0 Å². The zero-order chi connectivity index (χ0) is 10.7. The van der Waals surface area contributed by atoms with E-state index in [4.69, 9.17) is 4.74 Å². The summed E-state index contributed by atoms with van der Waals surface area (Å²) in [5.41, 5.74) is 0.743. The first-order chi connectivity index (χ1) is 7.29. The summed E-state index contributed by atoms with van der Waals surface area (Å²) in [6, 6.07) is 9.59. The van der Waals surface area contributed by atoms with Crippen molar-refractivity contribution >= 4 is 5.91 Å². The Balaban J connectivity index is 2.07. The summed E-state index contributed by atoms with van der Waals surface area (Å²) < 4.78 is 5.27. The van der Waals surface area contributed by atoms with Crippen LogP contribution in [0.4, 0.5) is 0 Å². The van der Waals surface area contributed by atoms with E-state index >= 15 is 0 Å². The molecule has 3 nitrogen and oxygen atoms in total. The number of benzene rings is 1. The molecule has 3 heteroatoms. The minimum Gasteiger partial charge on any atom is -0.379 e. The second-order valence-corrected chi connectivity index (χ2v) is 3.80. The summed E-state index contributed by atoms with van der Waals surface area (Å²) >= 11 is 0. The highest BCUT2D eigenvalue weighted by atomic mass is 16.5. The standard InChI is InChI=1S/C12H15NO2/c1-13(11-7-8-15-9-11)12(14)10-5-3-2-4-6-10/h2-6,11H,7-9H2,1H3. The molecule has 0 aromatic heterocycles. The Morgan fingerprint density at radius 2 is 2.13 bits per heavy atom. The first-order valence-corrected chi connectivity index (χ1v) is 5.19. The Hall–Kier alpha value is -1.35. The van der Waals surface area contributed by atoms with Crippen LogP contribution >= 0.6 is 0 Å². The molecule has 0 radical (unpaired) electrons. The van der Waals surface area contributed by atoms with Gasteiger partial charge in [-0.05, 0) is 18.6 Å². The average molecular weight is 205 g/mol. The fraction of sp³-hybridized carbons (Fsp3) is 0.417. The molecule has 2 rings (SSSR count). The highest BCUT2D eigenvalue weighted by Gasteiger charge is 2.24. The minimum atomic E-state index is 0.0751. The summed E-state index contributed by atoms with van der Waals surface area (Å²) in [6.07, 6.45) is 0.940. The van der Waals surface area contributed by atoms with Gasteiger partial charge in [0.15, 0.2) is 0 Å². The number of likely N-dealkylation sites (N-methyl/N-ethyl adjacent to an activating group) is 1. The molecule has 1 aromatic carbocycles. The van der Waals surface area contributed by atoms with Crippen molar-refractivity contribution in [3.8, 4) is 0 Å². The van der Waals surface area contributed by atoms with Crippen molar-refractivity contribution in [1.29, 1.82) is 0 Å². The average Bonchev–Trinajstić information content (AvgIpc) is 2.82. The van der Waals surface area contributed by atoms with Crippen LogP contribution in [0.25, 0.3) is 0 Å². The third-order valence-corrected chi connectivity index (χ3v) is 2.79. The lowest BCUT2D eigenvalue weighted by atomic mass is 10.1. The molecular formula is C12H15NO2. The fourth-order valence-electron chi connectivity index (χ4n) is 1.78. The fourth-order valence-corrected chi connectivity index (χ4v) is 1.78. The van der Waals surface area contributed by atoms with E-state index in [1.807, 2.05) is 37.4 Å². The summed E-state index contributed by atoms with van der Waals surface area (Å²) in [7, 11) is 1.84. The van der Waals surface area contributed by atoms with E-state index in [1.54, 1.807) is 4.90 Å². The van der Waals surface area contributed by atoms with Gasteiger partial charge >= 0.3 is 0 Å². The molecule has 1 fully saturated rings. The van der Waals surface area contributed by atoms with E-state index in [0.717, 1.165) is 18.6 Å². The lowest BCUT2D eigenvalue weighted by Crippen LogP contribution is -2.37. The van der Waals surface area contributed by atoms with Gasteiger partial charge in [0.2, 0.25) is 0 Å². The second kappa shape index (κ2) is 4.45. The van der Waals surface area contributed by atoms with Crippen molar-refractivity contribution in [3.05, 3.63) is 35.9 Å². The molecule has 1 aromatic rings. The molecule has 1 unspecified atom stereocenters. The van der Waals surface area contributed by atoms with E-state index in [-0.39, 0.29) is 11.9 Å². The van der Waals surface area contributed by atoms with Crippen LogP contribution in [0.1, 0.15) is 16.8 Å². The predicted octanol–water partition coefficient (Wildman–Crippen LogP) is 1.55. The van der Waals surface area contributed by atoms with Gasteiger partial charge in [-0.2, -0.15) is 0 Å². The van der Waals surface area contributed by atoms with Crippen molar-refractivity contribution in [1.82, 2.24) is 4.90 Å². The van der Waals surface area contributed by atoms with Gasteiger partial charge in [0, 0.05) is 19.2 Å². The van der Waals surface area contributed by atoms with Crippen LogP contribution in [-0.2, 0) is 4.74 Å². The van der Waals surface area contributed by atoms with Gasteiger partial charge in [0.25, 0.3) is 5.91 Å². The Morgan fingerprint density at radius 3 is 2.73 bits per heavy atom. The number of rotatable bonds is 2. The molecule has 0 spiro atoms. The van der Waals surface area contributed by atoms with E-state index in [0.29, 0.717) is 6.61 Å². The number of carbonyl (C=O) groups is 1. The molecule has 1 saturated heterocycles. The van der Waals surface area contributed by atoms with Crippen LogP contribution in [0.3, 0.4) is 0 Å². The molecule has 0 aliphatic carbocycles. The lowest BCUT2D eigenvalue weighted by Gasteiger charge is -2.23. The van der Waals surface area contributed by atoms with Gasteiger partial charge in [-0.1, -0.05) is 18.2 Å². The molecule has 0 bridgehead atoms. The highest BCUT2D eigenvalue weighted by Crippen LogP contribution is 2.13. The van der Waals surface area contributed by atoms with Gasteiger partial charge in [0.1, 0.15) is 0 Å². The second-order valence-electron chi connectivity index (χ2n) is 3.80. The zero-order valence-electron chi connectivity index (χ0n) is 8.85. The molecule has 80 valence electrons. The van der Waals surface area contributed by atoms with Crippen LogP contribution in [0, 0.1) is 0 Å². The van der Waals surface area contributed by atoms with Crippen molar-refractivity contribution in [3.63, 3.8) is 0 Å². The van der Waals surface area contributed by atoms with E-state index in [2.05, 4.69) is 0 Å². The van der Waals surface area contributed by atoms with Gasteiger partial charge in [0.05, 0.1) is 12.6 Å². The number of ether oxygens (including phenoxy) is 1. The quantitative estimate of drug-likeness (QED) is 0.733. The van der Waals surface area contributed by atoms with Crippen molar-refractivity contribution < 1.29 is 9.53 Å². The SMILES string of the molecule is CN(C(=O)c1ccccc1)C1CCOC1. The molecule has 1 atom stereocenters. The van der Waals surface area contributed by atoms with Crippen LogP contribution in [-0.4, -0.2) is 37.1 Å². The van der Waals surface area contributed by atoms with E-state index in [9.17, 15) is 4.79 Å². The molecule has 15 heavy (non-hydrogen) atoms. The summed E-state index contributed by atoms with van der Waals surface area (Å²) in [5, 5.41) is 0. The Labute approximate surface area is 89.7 Å². The first kappa shape index (κ1) is 10.2. The van der Waals surface area contributed by atoms with Crippen molar-refractivity contribution in [2.45, 2.75) is 12.5 Å². The predicted molar refractivity (Wildman–Crippen MR) is 57.8 cm³/mol. The number of nitrogens with zero attached hydrogens (tertiary/aromatic N) is 1. The highest BCUT2D eigenvalue weighted by molar-refractivity contribution is 5.94. The summed E-state index contributed by atoms with van der Waals surface area (Å²) in [4.78, 5) is 13.8. The van der Waals surface area contributed by atoms with E-state index < -0.39 is 0 Å². The van der Waals surface area contributed by atoms with Crippen LogP contribution in [0.15, 0.2) is 30.3 Å². The van der Waals surface area contributed by atoms with Gasteiger partial charge < -0.3 is 9.64 Å². The van der Waals surface area contributed by atoms with Crippen LogP contribution in [0.5, 0.6) is 0 Å². The van der Waals surface area contributed by atoms with Gasteiger partial charge in [-0.3, -0.25) is 4.79 Å². The third-order valence-electron chi connectivity index (χ3n) is 2.79. The largest absolute Gasteiger partial charge is 0.379 e. The zero-order valence-corrected chi connectivity index (χ0v) is 8.85. The Morgan fingerprint density at radius 1 is 1.40 bits per heavy atom. The number of amides is 1. The molecule has 1 heterocycles. The molecule has 0 saturated carbocycles. The van der Waals surface area contributed by atoms with E-state index in [1.165, 1.54) is 0 Å². The normalized spacial score (nSPS) is 20.2. The molecular weight excluding hydrogens is 190 g/mol. The van der Waals surface area contributed by atoms with Gasteiger partial charge in [-0.15, -0.1) is 0 Å². The maximum absolute atomic E-state index is 12.0. The molecule has 1 aliphatic heterocycles. The van der Waals surface area contributed by atoms with Crippen molar-refractivity contribution in [2.24, 2.45) is 0 Å². The maximum Gasteiger partial charge on any atom is 0.253 e. The van der Waals surface area contributed by atoms with Gasteiger partial charge in [-0.25, -0.2) is 0 Å². The number of hydrogen-bond acceptors (Lipinski definition) is 2. The number of carbonyl (C=O) groups excluding carboxylic acids is 1. The smallest absolute Gasteiger partial charge is 0.253 e. The first-order valence-electron chi connectivity index (χ1n) is 5.19. The molecule has 0 N–H and O–H groups in total. The molecule has 1 aliphatic rings. The lowest BCUT2D eigenvalue weighted by molar-refractivity contribution is 0.0711. The monoisotopic (exact) mass is 205 g/mol. The number of hydrogen-bond donors (Lipinski definition) is 0. The molecule has 1 amide bonds. The summed E-state index contributed by atoms with van der Waals surface area (Å²) in [6.45, 7) is 1.42. The maximum atomic E-state index is 12.0. The van der Waals surface area contributed by atoms with Crippen LogP contribution < -0.4 is 0 Å². The minimum absolute atomic E-state index is 0.0751. The third kappa shape index (κ3) is 2.18. The Kier molecular flexibility index (Phi) is 3.02.